The lowest BCUT2D eigenvalue weighted by atomic mass is 10.2. The van der Waals surface area contributed by atoms with Crippen LogP contribution in [-0.4, -0.2) is 27.5 Å². The molecule has 0 spiro atoms. The molecule has 0 aliphatic rings. The van der Waals surface area contributed by atoms with Gasteiger partial charge in [0.05, 0.1) is 11.7 Å². The molecular weight excluding hydrogens is 384 g/mol. The summed E-state index contributed by atoms with van der Waals surface area (Å²) in [7, 11) is 0. The van der Waals surface area contributed by atoms with Crippen molar-refractivity contribution >= 4 is 44.8 Å². The number of aromatic nitrogens is 2. The number of nitrogens with zero attached hydrogens (tertiary/aromatic N) is 2. The number of carbonyl (C=O) groups excluding carboxylic acids is 2. The summed E-state index contributed by atoms with van der Waals surface area (Å²) in [6.07, 6.45) is 2.10. The third-order valence-electron chi connectivity index (χ3n) is 4.12. The predicted molar refractivity (Wildman–Crippen MR) is 108 cm³/mol. The van der Waals surface area contributed by atoms with Gasteiger partial charge in [0.2, 0.25) is 5.91 Å². The third kappa shape index (κ3) is 4.25. The summed E-state index contributed by atoms with van der Waals surface area (Å²) in [4.78, 5) is 43.9. The van der Waals surface area contributed by atoms with Gasteiger partial charge in [-0.2, -0.15) is 0 Å². The number of hydrogen-bond donors (Lipinski definition) is 2. The second kappa shape index (κ2) is 8.01. The molecule has 142 valence electrons. The molecule has 3 aromatic heterocycles. The van der Waals surface area contributed by atoms with E-state index in [0.29, 0.717) is 10.2 Å². The molecule has 3 heterocycles. The fourth-order valence-electron chi connectivity index (χ4n) is 2.52. The van der Waals surface area contributed by atoms with Crippen molar-refractivity contribution in [3.8, 4) is 10.4 Å². The molecule has 0 fully saturated rings. The fourth-order valence-corrected chi connectivity index (χ4v) is 4.39. The highest BCUT2D eigenvalue weighted by Gasteiger charge is 2.16. The molecule has 0 radical (unpaired) electrons. The van der Waals surface area contributed by atoms with Gasteiger partial charge < -0.3 is 5.32 Å². The standard InChI is InChI=1S/C18H20N4O3S2/c1-4-10(2)20-18(25)21-14(23)7-22-9-19-16-15(17(22)24)12(8-26-16)13-6-5-11(3)27-13/h5-6,8-10H,4,7H2,1-3H3,(H2,20,21,23,25)/t10-/m1/s1. The van der Waals surface area contributed by atoms with Crippen LogP contribution < -0.4 is 16.2 Å². The first-order chi connectivity index (χ1) is 12.9. The third-order valence-corrected chi connectivity index (χ3v) is 6.04. The Morgan fingerprint density at radius 2 is 2.11 bits per heavy atom. The highest BCUT2D eigenvalue weighted by Crippen LogP contribution is 2.34. The summed E-state index contributed by atoms with van der Waals surface area (Å²) in [6.45, 7) is 5.51. The van der Waals surface area contributed by atoms with E-state index >= 15 is 0 Å². The molecule has 0 bridgehead atoms. The van der Waals surface area contributed by atoms with Crippen molar-refractivity contribution in [1.82, 2.24) is 20.2 Å². The van der Waals surface area contributed by atoms with Crippen LogP contribution in [0.1, 0.15) is 25.1 Å². The largest absolute Gasteiger partial charge is 0.335 e. The first-order valence-corrected chi connectivity index (χ1v) is 10.2. The number of carbonyl (C=O) groups is 2. The first-order valence-electron chi connectivity index (χ1n) is 8.52. The monoisotopic (exact) mass is 404 g/mol. The SMILES string of the molecule is CC[C@@H](C)NC(=O)NC(=O)Cn1cnc2scc(-c3ccc(C)s3)c2c1=O. The molecule has 0 saturated heterocycles. The van der Waals surface area contributed by atoms with Gasteiger partial charge in [0.1, 0.15) is 11.4 Å². The second-order valence-corrected chi connectivity index (χ2v) is 8.39. The molecule has 0 aromatic carbocycles. The predicted octanol–water partition coefficient (Wildman–Crippen LogP) is 3.12. The van der Waals surface area contributed by atoms with E-state index in [4.69, 9.17) is 0 Å². The van der Waals surface area contributed by atoms with Crippen LogP contribution in [0, 0.1) is 6.92 Å². The Morgan fingerprint density at radius 3 is 2.78 bits per heavy atom. The highest BCUT2D eigenvalue weighted by atomic mass is 32.1. The normalized spacial score (nSPS) is 12.1. The molecule has 7 nitrogen and oxygen atoms in total. The van der Waals surface area contributed by atoms with Crippen molar-refractivity contribution in [3.63, 3.8) is 0 Å². The maximum Gasteiger partial charge on any atom is 0.321 e. The molecular formula is C18H20N4O3S2. The van der Waals surface area contributed by atoms with Crippen molar-refractivity contribution in [3.05, 3.63) is 39.1 Å². The second-order valence-electron chi connectivity index (χ2n) is 6.25. The zero-order valence-corrected chi connectivity index (χ0v) is 16.9. The van der Waals surface area contributed by atoms with Crippen molar-refractivity contribution in [2.75, 3.05) is 0 Å². The Balaban J connectivity index is 1.84. The number of fused-ring (bicyclic) bond motifs is 1. The quantitative estimate of drug-likeness (QED) is 0.683. The summed E-state index contributed by atoms with van der Waals surface area (Å²) in [6, 6.07) is 3.37. The van der Waals surface area contributed by atoms with E-state index in [1.165, 1.54) is 22.2 Å². The summed E-state index contributed by atoms with van der Waals surface area (Å²) < 4.78 is 1.23. The molecule has 3 aromatic rings. The lowest BCUT2D eigenvalue weighted by Crippen LogP contribution is -2.45. The lowest BCUT2D eigenvalue weighted by molar-refractivity contribution is -0.120. The number of nitrogens with one attached hydrogen (secondary N) is 2. The van der Waals surface area contributed by atoms with Crippen LogP contribution in [0.25, 0.3) is 20.7 Å². The smallest absolute Gasteiger partial charge is 0.321 e. The van der Waals surface area contributed by atoms with Crippen LogP contribution in [0.4, 0.5) is 4.79 Å². The number of rotatable bonds is 5. The average Bonchev–Trinajstić information content (AvgIpc) is 3.23. The molecule has 27 heavy (non-hydrogen) atoms. The van der Waals surface area contributed by atoms with Gasteiger partial charge in [0, 0.05) is 26.7 Å². The summed E-state index contributed by atoms with van der Waals surface area (Å²) in [5, 5.41) is 7.30. The Bertz CT molecular complexity index is 1050. The Morgan fingerprint density at radius 1 is 1.33 bits per heavy atom. The van der Waals surface area contributed by atoms with Crippen LogP contribution in [0.2, 0.25) is 0 Å². The van der Waals surface area contributed by atoms with Crippen LogP contribution in [0.15, 0.2) is 28.6 Å². The van der Waals surface area contributed by atoms with Crippen LogP contribution in [0.3, 0.4) is 0 Å². The zero-order valence-electron chi connectivity index (χ0n) is 15.2. The lowest BCUT2D eigenvalue weighted by Gasteiger charge is -2.12. The Hall–Kier alpha value is -2.52. The zero-order chi connectivity index (χ0) is 19.6. The van der Waals surface area contributed by atoms with Crippen LogP contribution in [0.5, 0.6) is 0 Å². The summed E-state index contributed by atoms with van der Waals surface area (Å²) >= 11 is 3.00. The number of thiophene rings is 2. The maximum absolute atomic E-state index is 12.9. The highest BCUT2D eigenvalue weighted by molar-refractivity contribution is 7.19. The average molecular weight is 405 g/mol. The van der Waals surface area contributed by atoms with Gasteiger partial charge >= 0.3 is 6.03 Å². The summed E-state index contributed by atoms with van der Waals surface area (Å²) in [5.41, 5.74) is 0.537. The van der Waals surface area contributed by atoms with E-state index in [1.54, 1.807) is 11.3 Å². The van der Waals surface area contributed by atoms with Gasteiger partial charge in [-0.25, -0.2) is 9.78 Å². The number of amides is 3. The molecule has 2 N–H and O–H groups in total. The maximum atomic E-state index is 12.9. The molecule has 0 unspecified atom stereocenters. The van der Waals surface area contributed by atoms with E-state index in [0.717, 1.165) is 21.7 Å². The van der Waals surface area contributed by atoms with Gasteiger partial charge in [-0.05, 0) is 32.4 Å². The van der Waals surface area contributed by atoms with Gasteiger partial charge in [0.15, 0.2) is 0 Å². The van der Waals surface area contributed by atoms with Gasteiger partial charge in [-0.1, -0.05) is 6.92 Å². The Labute approximate surface area is 164 Å². The number of hydrogen-bond acceptors (Lipinski definition) is 6. The number of aryl methyl sites for hydroxylation is 1. The van der Waals surface area contributed by atoms with Gasteiger partial charge in [0.25, 0.3) is 5.56 Å². The summed E-state index contributed by atoms with van der Waals surface area (Å²) in [5.74, 6) is -0.567. The number of urea groups is 1. The van der Waals surface area contributed by atoms with E-state index in [1.807, 2.05) is 38.3 Å². The molecule has 1 atom stereocenters. The minimum atomic E-state index is -0.568. The molecule has 0 aliphatic carbocycles. The minimum Gasteiger partial charge on any atom is -0.335 e. The van der Waals surface area contributed by atoms with Crippen molar-refractivity contribution in [2.45, 2.75) is 39.8 Å². The van der Waals surface area contributed by atoms with Gasteiger partial charge in [-0.15, -0.1) is 22.7 Å². The number of imide groups is 1. The fraction of sp³-hybridized carbons (Fsp3) is 0.333. The molecule has 0 saturated carbocycles. The van der Waals surface area contributed by atoms with Crippen molar-refractivity contribution < 1.29 is 9.59 Å². The Kier molecular flexibility index (Phi) is 5.71. The van der Waals surface area contributed by atoms with Crippen LogP contribution >= 0.6 is 22.7 Å². The molecule has 9 heteroatoms. The minimum absolute atomic E-state index is 0.0406. The van der Waals surface area contributed by atoms with E-state index < -0.39 is 11.9 Å². The first kappa shape index (κ1) is 19.2. The molecule has 0 aliphatic heterocycles. The van der Waals surface area contributed by atoms with Crippen LogP contribution in [-0.2, 0) is 11.3 Å². The molecule has 3 amide bonds. The van der Waals surface area contributed by atoms with Crippen molar-refractivity contribution in [1.29, 1.82) is 0 Å². The van der Waals surface area contributed by atoms with E-state index in [2.05, 4.69) is 15.6 Å². The van der Waals surface area contributed by atoms with Gasteiger partial charge in [-0.3, -0.25) is 19.5 Å². The van der Waals surface area contributed by atoms with Crippen molar-refractivity contribution in [2.24, 2.45) is 0 Å². The van der Waals surface area contributed by atoms with E-state index in [-0.39, 0.29) is 18.1 Å². The molecule has 3 rings (SSSR count). The topological polar surface area (TPSA) is 93.1 Å². The van der Waals surface area contributed by atoms with E-state index in [9.17, 15) is 14.4 Å².